The van der Waals surface area contributed by atoms with Crippen molar-refractivity contribution in [2.45, 2.75) is 50.4 Å². The molecule has 0 aliphatic heterocycles. The lowest BCUT2D eigenvalue weighted by Gasteiger charge is -2.57. The third-order valence-electron chi connectivity index (χ3n) is 6.04. The lowest BCUT2D eigenvalue weighted by molar-refractivity contribution is -0.00519. The van der Waals surface area contributed by atoms with E-state index in [1.807, 2.05) is 0 Å². The normalized spacial score (nSPS) is 39.7. The second-order valence-electron chi connectivity index (χ2n) is 7.43. The van der Waals surface area contributed by atoms with Crippen molar-refractivity contribution >= 4 is 0 Å². The SMILES string of the molecule is NCCc1ccc(C23CC4CC(CC(C4)C2)C3)cc1. The van der Waals surface area contributed by atoms with Crippen molar-refractivity contribution in [2.75, 3.05) is 6.54 Å². The van der Waals surface area contributed by atoms with Crippen molar-refractivity contribution < 1.29 is 0 Å². The summed E-state index contributed by atoms with van der Waals surface area (Å²) in [6, 6.07) is 9.47. The Labute approximate surface area is 116 Å². The van der Waals surface area contributed by atoms with Crippen molar-refractivity contribution in [3.63, 3.8) is 0 Å². The molecule has 1 aromatic rings. The van der Waals surface area contributed by atoms with Crippen LogP contribution in [0.15, 0.2) is 24.3 Å². The predicted molar refractivity (Wildman–Crippen MR) is 79.1 cm³/mol. The zero-order chi connectivity index (χ0) is 12.9. The smallest absolute Gasteiger partial charge is 0.00367 e. The van der Waals surface area contributed by atoms with Crippen LogP contribution in [0.5, 0.6) is 0 Å². The number of nitrogens with two attached hydrogens (primary N) is 1. The third kappa shape index (κ3) is 1.94. The van der Waals surface area contributed by atoms with Crippen LogP contribution >= 0.6 is 0 Å². The Hall–Kier alpha value is -0.820. The molecule has 4 fully saturated rings. The highest BCUT2D eigenvalue weighted by molar-refractivity contribution is 5.32. The van der Waals surface area contributed by atoms with Gasteiger partial charge in [0.1, 0.15) is 0 Å². The average Bonchev–Trinajstić information content (AvgIpc) is 2.38. The van der Waals surface area contributed by atoms with E-state index in [-0.39, 0.29) is 0 Å². The highest BCUT2D eigenvalue weighted by Crippen LogP contribution is 2.60. The molecule has 4 aliphatic rings. The lowest BCUT2D eigenvalue weighted by atomic mass is 9.48. The predicted octanol–water partition coefficient (Wildman–Crippen LogP) is 3.66. The monoisotopic (exact) mass is 255 g/mol. The zero-order valence-electron chi connectivity index (χ0n) is 11.8. The summed E-state index contributed by atoms with van der Waals surface area (Å²) < 4.78 is 0. The van der Waals surface area contributed by atoms with E-state index in [0.29, 0.717) is 5.41 Å². The van der Waals surface area contributed by atoms with Gasteiger partial charge in [0.2, 0.25) is 0 Å². The summed E-state index contributed by atoms with van der Waals surface area (Å²) in [6.45, 7) is 0.761. The first-order chi connectivity index (χ1) is 9.27. The molecule has 0 aromatic heterocycles. The van der Waals surface area contributed by atoms with Crippen LogP contribution in [-0.4, -0.2) is 6.54 Å². The van der Waals surface area contributed by atoms with E-state index < -0.39 is 0 Å². The summed E-state index contributed by atoms with van der Waals surface area (Å²) in [7, 11) is 0. The van der Waals surface area contributed by atoms with Crippen LogP contribution in [0.2, 0.25) is 0 Å². The summed E-state index contributed by atoms with van der Waals surface area (Å²) in [6.07, 6.45) is 10.0. The van der Waals surface area contributed by atoms with E-state index in [1.165, 1.54) is 44.1 Å². The number of hydrogen-bond acceptors (Lipinski definition) is 1. The second-order valence-corrected chi connectivity index (χ2v) is 7.43. The maximum atomic E-state index is 5.64. The number of rotatable bonds is 3. The molecular weight excluding hydrogens is 230 g/mol. The van der Waals surface area contributed by atoms with Crippen LogP contribution in [0, 0.1) is 17.8 Å². The standard InChI is InChI=1S/C18H25N/c19-6-5-13-1-3-17(4-2-13)18-10-14-7-15(11-18)9-16(8-14)12-18/h1-4,14-16H,5-12,19H2. The molecule has 1 heteroatoms. The first-order valence-corrected chi connectivity index (χ1v) is 8.07. The van der Waals surface area contributed by atoms with Crippen molar-refractivity contribution in [1.82, 2.24) is 0 Å². The second kappa shape index (κ2) is 4.34. The van der Waals surface area contributed by atoms with Gasteiger partial charge in [0.05, 0.1) is 0 Å². The maximum absolute atomic E-state index is 5.64. The van der Waals surface area contributed by atoms with Gasteiger partial charge in [-0.1, -0.05) is 24.3 Å². The summed E-state index contributed by atoms with van der Waals surface area (Å²) >= 11 is 0. The molecule has 0 heterocycles. The number of benzene rings is 1. The van der Waals surface area contributed by atoms with Crippen LogP contribution in [0.25, 0.3) is 0 Å². The molecular formula is C18H25N. The van der Waals surface area contributed by atoms with Crippen LogP contribution in [0.4, 0.5) is 0 Å². The molecule has 4 bridgehead atoms. The van der Waals surface area contributed by atoms with E-state index in [9.17, 15) is 0 Å². The van der Waals surface area contributed by atoms with Crippen LogP contribution in [0.1, 0.15) is 49.7 Å². The van der Waals surface area contributed by atoms with E-state index in [1.54, 1.807) is 5.56 Å². The van der Waals surface area contributed by atoms with Gasteiger partial charge in [-0.2, -0.15) is 0 Å². The van der Waals surface area contributed by atoms with Gasteiger partial charge >= 0.3 is 0 Å². The van der Waals surface area contributed by atoms with E-state index >= 15 is 0 Å². The fourth-order valence-corrected chi connectivity index (χ4v) is 5.66. The lowest BCUT2D eigenvalue weighted by Crippen LogP contribution is -2.48. The van der Waals surface area contributed by atoms with E-state index in [0.717, 1.165) is 30.7 Å². The Morgan fingerprint density at radius 2 is 1.42 bits per heavy atom. The first-order valence-electron chi connectivity index (χ1n) is 8.07. The Morgan fingerprint density at radius 3 is 1.89 bits per heavy atom. The highest BCUT2D eigenvalue weighted by atomic mass is 14.6. The fraction of sp³-hybridized carbons (Fsp3) is 0.667. The largest absolute Gasteiger partial charge is 0.330 e. The van der Waals surface area contributed by atoms with Crippen LogP contribution in [0.3, 0.4) is 0 Å². The highest BCUT2D eigenvalue weighted by Gasteiger charge is 2.51. The molecule has 0 amide bonds. The van der Waals surface area contributed by atoms with Crippen molar-refractivity contribution in [1.29, 1.82) is 0 Å². The van der Waals surface area contributed by atoms with Gasteiger partial charge in [-0.05, 0) is 85.8 Å². The third-order valence-corrected chi connectivity index (χ3v) is 6.04. The molecule has 102 valence electrons. The fourth-order valence-electron chi connectivity index (χ4n) is 5.66. The van der Waals surface area contributed by atoms with Crippen LogP contribution in [-0.2, 0) is 11.8 Å². The molecule has 0 unspecified atom stereocenters. The van der Waals surface area contributed by atoms with E-state index in [2.05, 4.69) is 24.3 Å². The summed E-state index contributed by atoms with van der Waals surface area (Å²) in [5.41, 5.74) is 9.23. The molecule has 4 aliphatic carbocycles. The molecule has 5 rings (SSSR count). The quantitative estimate of drug-likeness (QED) is 0.876. The van der Waals surface area contributed by atoms with Gasteiger partial charge in [0.25, 0.3) is 0 Å². The van der Waals surface area contributed by atoms with Gasteiger partial charge in [0, 0.05) is 0 Å². The number of hydrogen-bond donors (Lipinski definition) is 1. The van der Waals surface area contributed by atoms with Crippen molar-refractivity contribution in [3.05, 3.63) is 35.4 Å². The Kier molecular flexibility index (Phi) is 2.73. The minimum Gasteiger partial charge on any atom is -0.330 e. The summed E-state index contributed by atoms with van der Waals surface area (Å²) in [4.78, 5) is 0. The van der Waals surface area contributed by atoms with Gasteiger partial charge in [-0.25, -0.2) is 0 Å². The summed E-state index contributed by atoms with van der Waals surface area (Å²) in [5.74, 6) is 3.11. The molecule has 0 saturated heterocycles. The Balaban J connectivity index is 1.64. The molecule has 0 radical (unpaired) electrons. The minimum absolute atomic E-state index is 0.552. The van der Waals surface area contributed by atoms with Gasteiger partial charge < -0.3 is 5.73 Å². The Morgan fingerprint density at radius 1 is 0.895 bits per heavy atom. The van der Waals surface area contributed by atoms with Gasteiger partial charge in [0.15, 0.2) is 0 Å². The molecule has 2 N–H and O–H groups in total. The minimum atomic E-state index is 0.552. The molecule has 4 saturated carbocycles. The van der Waals surface area contributed by atoms with Crippen molar-refractivity contribution in [3.8, 4) is 0 Å². The average molecular weight is 255 g/mol. The van der Waals surface area contributed by atoms with Crippen LogP contribution < -0.4 is 5.73 Å². The maximum Gasteiger partial charge on any atom is -0.00367 e. The topological polar surface area (TPSA) is 26.0 Å². The van der Waals surface area contributed by atoms with Gasteiger partial charge in [-0.3, -0.25) is 0 Å². The Bertz CT molecular complexity index is 424. The molecule has 1 aromatic carbocycles. The molecule has 0 atom stereocenters. The molecule has 1 nitrogen and oxygen atoms in total. The van der Waals surface area contributed by atoms with Crippen molar-refractivity contribution in [2.24, 2.45) is 23.5 Å². The molecule has 19 heavy (non-hydrogen) atoms. The summed E-state index contributed by atoms with van der Waals surface area (Å²) in [5, 5.41) is 0. The zero-order valence-corrected chi connectivity index (χ0v) is 11.8. The molecule has 0 spiro atoms. The van der Waals surface area contributed by atoms with E-state index in [4.69, 9.17) is 5.73 Å². The van der Waals surface area contributed by atoms with Gasteiger partial charge in [-0.15, -0.1) is 0 Å². The first kappa shape index (κ1) is 12.0.